The van der Waals surface area contributed by atoms with E-state index in [-0.39, 0.29) is 11.9 Å². The van der Waals surface area contributed by atoms with Gasteiger partial charge in [-0.2, -0.15) is 0 Å². The fourth-order valence-corrected chi connectivity index (χ4v) is 2.95. The van der Waals surface area contributed by atoms with E-state index in [1.807, 2.05) is 19.9 Å². The number of carbonyl (C=O) groups is 1. The highest BCUT2D eigenvalue weighted by Gasteiger charge is 2.19. The molecule has 1 N–H and O–H groups in total. The normalized spacial score (nSPS) is 17.1. The van der Waals surface area contributed by atoms with Crippen molar-refractivity contribution in [2.75, 3.05) is 32.7 Å². The van der Waals surface area contributed by atoms with E-state index in [0.717, 1.165) is 32.7 Å². The van der Waals surface area contributed by atoms with E-state index in [1.165, 1.54) is 10.0 Å². The molecule has 0 saturated carbocycles. The third kappa shape index (κ3) is 5.41. The number of nitrogens with zero attached hydrogens (tertiary/aromatic N) is 2. The second kappa shape index (κ2) is 7.92. The molecule has 1 heterocycles. The van der Waals surface area contributed by atoms with Gasteiger partial charge in [-0.3, -0.25) is 14.6 Å². The molecule has 0 atom stereocenters. The first kappa shape index (κ1) is 16.5. The summed E-state index contributed by atoms with van der Waals surface area (Å²) < 4.78 is 1.17. The minimum Gasteiger partial charge on any atom is -0.353 e. The van der Waals surface area contributed by atoms with Crippen LogP contribution in [0.15, 0.2) is 28.7 Å². The van der Waals surface area contributed by atoms with Gasteiger partial charge in [-0.15, -0.1) is 0 Å². The monoisotopic (exact) mass is 353 g/mol. The minimum atomic E-state index is 0.129. The molecule has 0 spiro atoms. The van der Waals surface area contributed by atoms with Crippen LogP contribution in [-0.4, -0.2) is 54.5 Å². The SMILES string of the molecule is CC(C)NC(=O)CN1CCN(Cc2ccccc2Br)CC1. The van der Waals surface area contributed by atoms with Crippen LogP contribution in [-0.2, 0) is 11.3 Å². The molecule has 0 unspecified atom stereocenters. The topological polar surface area (TPSA) is 35.6 Å². The van der Waals surface area contributed by atoms with Gasteiger partial charge < -0.3 is 5.32 Å². The quantitative estimate of drug-likeness (QED) is 0.880. The number of halogens is 1. The highest BCUT2D eigenvalue weighted by molar-refractivity contribution is 9.10. The average Bonchev–Trinajstić information content (AvgIpc) is 2.42. The van der Waals surface area contributed by atoms with Gasteiger partial charge in [0.05, 0.1) is 6.54 Å². The summed E-state index contributed by atoms with van der Waals surface area (Å²) in [6, 6.07) is 8.58. The van der Waals surface area contributed by atoms with Gasteiger partial charge in [0.1, 0.15) is 0 Å². The lowest BCUT2D eigenvalue weighted by atomic mass is 10.2. The molecule has 1 amide bonds. The fourth-order valence-electron chi connectivity index (χ4n) is 2.54. The van der Waals surface area contributed by atoms with E-state index >= 15 is 0 Å². The molecule has 0 aromatic heterocycles. The average molecular weight is 354 g/mol. The maximum atomic E-state index is 11.8. The molecular formula is C16H24BrN3O. The van der Waals surface area contributed by atoms with Gasteiger partial charge in [0.15, 0.2) is 0 Å². The van der Waals surface area contributed by atoms with Crippen molar-refractivity contribution in [2.24, 2.45) is 0 Å². The molecule has 1 fully saturated rings. The molecule has 116 valence electrons. The summed E-state index contributed by atoms with van der Waals surface area (Å²) in [5.41, 5.74) is 1.32. The summed E-state index contributed by atoms with van der Waals surface area (Å²) in [6.45, 7) is 9.40. The highest BCUT2D eigenvalue weighted by atomic mass is 79.9. The van der Waals surface area contributed by atoms with Crippen LogP contribution < -0.4 is 5.32 Å². The summed E-state index contributed by atoms with van der Waals surface area (Å²) in [5, 5.41) is 2.95. The third-order valence-corrected chi connectivity index (χ3v) is 4.41. The molecule has 2 rings (SSSR count). The Morgan fingerprint density at radius 3 is 2.43 bits per heavy atom. The van der Waals surface area contributed by atoms with Gasteiger partial charge in [-0.05, 0) is 25.5 Å². The zero-order chi connectivity index (χ0) is 15.2. The summed E-state index contributed by atoms with van der Waals surface area (Å²) in [5.74, 6) is 0.129. The van der Waals surface area contributed by atoms with Crippen LogP contribution in [0.4, 0.5) is 0 Å². The van der Waals surface area contributed by atoms with Gasteiger partial charge in [-0.25, -0.2) is 0 Å². The Bertz CT molecular complexity index is 470. The molecule has 1 aromatic carbocycles. The Kier molecular flexibility index (Phi) is 6.21. The summed E-state index contributed by atoms with van der Waals surface area (Å²) >= 11 is 3.60. The Hall–Kier alpha value is -0.910. The first-order valence-electron chi connectivity index (χ1n) is 7.52. The number of carbonyl (C=O) groups excluding carboxylic acids is 1. The maximum Gasteiger partial charge on any atom is 0.234 e. The van der Waals surface area contributed by atoms with E-state index in [1.54, 1.807) is 0 Å². The molecule has 1 aliphatic heterocycles. The first-order valence-corrected chi connectivity index (χ1v) is 8.31. The zero-order valence-corrected chi connectivity index (χ0v) is 14.4. The van der Waals surface area contributed by atoms with Crippen LogP contribution in [0.3, 0.4) is 0 Å². The predicted octanol–water partition coefficient (Wildman–Crippen LogP) is 2.09. The number of piperazine rings is 1. The van der Waals surface area contributed by atoms with Crippen molar-refractivity contribution >= 4 is 21.8 Å². The Morgan fingerprint density at radius 2 is 1.81 bits per heavy atom. The minimum absolute atomic E-state index is 0.129. The van der Waals surface area contributed by atoms with Crippen molar-refractivity contribution in [3.05, 3.63) is 34.3 Å². The van der Waals surface area contributed by atoms with Crippen LogP contribution in [0.1, 0.15) is 19.4 Å². The van der Waals surface area contributed by atoms with Crippen molar-refractivity contribution in [1.29, 1.82) is 0 Å². The van der Waals surface area contributed by atoms with Crippen molar-refractivity contribution in [3.8, 4) is 0 Å². The number of hydrogen-bond donors (Lipinski definition) is 1. The van der Waals surface area contributed by atoms with E-state index in [0.29, 0.717) is 6.54 Å². The van der Waals surface area contributed by atoms with Crippen LogP contribution in [0.25, 0.3) is 0 Å². The van der Waals surface area contributed by atoms with Gasteiger partial charge in [0.25, 0.3) is 0 Å². The van der Waals surface area contributed by atoms with Crippen molar-refractivity contribution in [3.63, 3.8) is 0 Å². The van der Waals surface area contributed by atoms with Crippen molar-refractivity contribution in [1.82, 2.24) is 15.1 Å². The lowest BCUT2D eigenvalue weighted by Crippen LogP contribution is -2.49. The van der Waals surface area contributed by atoms with Crippen LogP contribution in [0.5, 0.6) is 0 Å². The second-order valence-corrected chi connectivity index (χ2v) is 6.72. The number of nitrogens with one attached hydrogen (secondary N) is 1. The molecule has 1 saturated heterocycles. The maximum absolute atomic E-state index is 11.8. The van der Waals surface area contributed by atoms with Crippen LogP contribution in [0, 0.1) is 0 Å². The van der Waals surface area contributed by atoms with Crippen LogP contribution in [0.2, 0.25) is 0 Å². The summed E-state index contributed by atoms with van der Waals surface area (Å²) in [4.78, 5) is 16.4. The smallest absolute Gasteiger partial charge is 0.234 e. The summed E-state index contributed by atoms with van der Waals surface area (Å²) in [7, 11) is 0. The molecular weight excluding hydrogens is 330 g/mol. The molecule has 0 aliphatic carbocycles. The molecule has 1 aliphatic rings. The van der Waals surface area contributed by atoms with Gasteiger partial charge >= 0.3 is 0 Å². The lowest BCUT2D eigenvalue weighted by molar-refractivity contribution is -0.123. The number of rotatable bonds is 5. The standard InChI is InChI=1S/C16H24BrN3O/c1-13(2)18-16(21)12-20-9-7-19(8-10-20)11-14-5-3-4-6-15(14)17/h3-6,13H,7-12H2,1-2H3,(H,18,21). The summed E-state index contributed by atoms with van der Waals surface area (Å²) in [6.07, 6.45) is 0. The Balaban J connectivity index is 1.76. The predicted molar refractivity (Wildman–Crippen MR) is 89.1 cm³/mol. The number of amides is 1. The second-order valence-electron chi connectivity index (χ2n) is 5.87. The van der Waals surface area contributed by atoms with Crippen LogP contribution >= 0.6 is 15.9 Å². The van der Waals surface area contributed by atoms with Gasteiger partial charge in [0, 0.05) is 43.2 Å². The Labute approximate surface area is 135 Å². The Morgan fingerprint density at radius 1 is 1.19 bits per heavy atom. The highest BCUT2D eigenvalue weighted by Crippen LogP contribution is 2.18. The molecule has 4 nitrogen and oxygen atoms in total. The lowest BCUT2D eigenvalue weighted by Gasteiger charge is -2.34. The third-order valence-electron chi connectivity index (χ3n) is 3.63. The van der Waals surface area contributed by atoms with E-state index in [2.05, 4.69) is 49.2 Å². The molecule has 0 bridgehead atoms. The largest absolute Gasteiger partial charge is 0.353 e. The van der Waals surface area contributed by atoms with Crippen molar-refractivity contribution < 1.29 is 4.79 Å². The molecule has 5 heteroatoms. The number of benzene rings is 1. The van der Waals surface area contributed by atoms with Gasteiger partial charge in [0.2, 0.25) is 5.91 Å². The zero-order valence-electron chi connectivity index (χ0n) is 12.8. The first-order chi connectivity index (χ1) is 10.0. The molecule has 21 heavy (non-hydrogen) atoms. The molecule has 1 aromatic rings. The fraction of sp³-hybridized carbons (Fsp3) is 0.562. The van der Waals surface area contributed by atoms with E-state index < -0.39 is 0 Å². The van der Waals surface area contributed by atoms with E-state index in [4.69, 9.17) is 0 Å². The molecule has 0 radical (unpaired) electrons. The van der Waals surface area contributed by atoms with Crippen molar-refractivity contribution in [2.45, 2.75) is 26.4 Å². The number of hydrogen-bond acceptors (Lipinski definition) is 3. The van der Waals surface area contributed by atoms with E-state index in [9.17, 15) is 4.79 Å². The van der Waals surface area contributed by atoms with Gasteiger partial charge in [-0.1, -0.05) is 34.1 Å².